The third kappa shape index (κ3) is 5.90. The van der Waals surface area contributed by atoms with Crippen molar-refractivity contribution in [3.63, 3.8) is 0 Å². The van der Waals surface area contributed by atoms with E-state index in [1.54, 1.807) is 0 Å². The van der Waals surface area contributed by atoms with Crippen molar-refractivity contribution in [3.05, 3.63) is 34.9 Å². The highest BCUT2D eigenvalue weighted by atomic mass is 32.2. The highest BCUT2D eigenvalue weighted by Gasteiger charge is 2.21. The molecule has 0 amide bonds. The summed E-state index contributed by atoms with van der Waals surface area (Å²) >= 11 is 0. The van der Waals surface area contributed by atoms with Crippen molar-refractivity contribution in [2.45, 2.75) is 45.7 Å². The molecule has 1 heterocycles. The highest BCUT2D eigenvalue weighted by molar-refractivity contribution is 7.90. The number of piperidine rings is 1. The maximum absolute atomic E-state index is 11.3. The fraction of sp³-hybridized carbons (Fsp3) is 0.667. The molecule has 1 aromatic rings. The van der Waals surface area contributed by atoms with Gasteiger partial charge in [-0.3, -0.25) is 0 Å². The monoisotopic (exact) mass is 338 g/mol. The minimum atomic E-state index is -2.86. The third-order valence-electron chi connectivity index (χ3n) is 4.74. The van der Waals surface area contributed by atoms with Gasteiger partial charge in [-0.15, -0.1) is 0 Å². The van der Waals surface area contributed by atoms with E-state index in [0.717, 1.165) is 25.9 Å². The van der Waals surface area contributed by atoms with Gasteiger partial charge in [0.05, 0.1) is 5.75 Å². The van der Waals surface area contributed by atoms with Crippen LogP contribution in [0.3, 0.4) is 0 Å². The number of rotatable bonds is 6. The second-order valence-electron chi connectivity index (χ2n) is 6.99. The van der Waals surface area contributed by atoms with Gasteiger partial charge in [0.1, 0.15) is 9.84 Å². The zero-order chi connectivity index (χ0) is 17.0. The summed E-state index contributed by atoms with van der Waals surface area (Å²) in [6.07, 6.45) is 3.48. The lowest BCUT2D eigenvalue weighted by molar-refractivity contribution is 0.201. The molecule has 1 aromatic carbocycles. The van der Waals surface area contributed by atoms with Crippen molar-refractivity contribution in [3.8, 4) is 0 Å². The minimum Gasteiger partial charge on any atom is -0.307 e. The first-order valence-electron chi connectivity index (χ1n) is 8.48. The summed E-state index contributed by atoms with van der Waals surface area (Å²) in [5.41, 5.74) is 4.02. The highest BCUT2D eigenvalue weighted by Crippen LogP contribution is 2.21. The van der Waals surface area contributed by atoms with Crippen LogP contribution in [-0.4, -0.2) is 51.0 Å². The molecule has 23 heavy (non-hydrogen) atoms. The molecule has 2 rings (SSSR count). The average Bonchev–Trinajstić information content (AvgIpc) is 2.45. The Morgan fingerprint density at radius 3 is 2.48 bits per heavy atom. The van der Waals surface area contributed by atoms with E-state index >= 15 is 0 Å². The van der Waals surface area contributed by atoms with Crippen molar-refractivity contribution in [2.24, 2.45) is 0 Å². The smallest absolute Gasteiger partial charge is 0.148 e. The summed E-state index contributed by atoms with van der Waals surface area (Å²) in [6.45, 7) is 9.15. The van der Waals surface area contributed by atoms with Crippen molar-refractivity contribution < 1.29 is 8.42 Å². The first-order chi connectivity index (χ1) is 10.7. The molecule has 1 saturated heterocycles. The van der Waals surface area contributed by atoms with Crippen molar-refractivity contribution in [2.75, 3.05) is 31.6 Å². The molecule has 5 heteroatoms. The third-order valence-corrected chi connectivity index (χ3v) is 5.67. The topological polar surface area (TPSA) is 49.4 Å². The standard InChI is InChI=1S/C18H30N2O2S/c1-14-5-6-18(15(2)13-14)16(3)19-17-7-9-20(10-8-17)11-12-23(4,21)22/h5-6,13,16-17,19H,7-12H2,1-4H3/t16-/m1/s1. The second-order valence-corrected chi connectivity index (χ2v) is 9.25. The van der Waals surface area contributed by atoms with Gasteiger partial charge < -0.3 is 10.2 Å². The van der Waals surface area contributed by atoms with Crippen LogP contribution >= 0.6 is 0 Å². The number of nitrogens with one attached hydrogen (secondary N) is 1. The SMILES string of the molecule is Cc1ccc([C@@H](C)NC2CCN(CCS(C)(=O)=O)CC2)c(C)c1. The van der Waals surface area contributed by atoms with Gasteiger partial charge in [-0.25, -0.2) is 8.42 Å². The second kappa shape index (κ2) is 7.77. The van der Waals surface area contributed by atoms with Crippen LogP contribution in [-0.2, 0) is 9.84 Å². The maximum atomic E-state index is 11.3. The molecule has 0 unspecified atom stereocenters. The molecule has 1 atom stereocenters. The number of hydrogen-bond donors (Lipinski definition) is 1. The first kappa shape index (κ1) is 18.4. The number of benzene rings is 1. The van der Waals surface area contributed by atoms with Crippen LogP contribution in [0.15, 0.2) is 18.2 Å². The van der Waals surface area contributed by atoms with Crippen LogP contribution in [0.1, 0.15) is 42.5 Å². The Morgan fingerprint density at radius 2 is 1.91 bits per heavy atom. The Hall–Kier alpha value is -0.910. The molecule has 0 aromatic heterocycles. The summed E-state index contributed by atoms with van der Waals surface area (Å²) in [4.78, 5) is 2.26. The molecule has 0 saturated carbocycles. The number of sulfone groups is 1. The predicted octanol–water partition coefficient (Wildman–Crippen LogP) is 2.46. The molecule has 4 nitrogen and oxygen atoms in total. The van der Waals surface area contributed by atoms with Crippen molar-refractivity contribution >= 4 is 9.84 Å². The Labute approximate surface area is 141 Å². The summed E-state index contributed by atoms with van der Waals surface area (Å²) in [5, 5.41) is 3.74. The summed E-state index contributed by atoms with van der Waals surface area (Å²) in [7, 11) is -2.86. The van der Waals surface area contributed by atoms with E-state index in [9.17, 15) is 8.42 Å². The molecule has 1 N–H and O–H groups in total. The molecule has 1 aliphatic heterocycles. The largest absolute Gasteiger partial charge is 0.307 e. The van der Waals surface area contributed by atoms with Gasteiger partial charge in [0.25, 0.3) is 0 Å². The van der Waals surface area contributed by atoms with Gasteiger partial charge in [0, 0.05) is 24.9 Å². The Morgan fingerprint density at radius 1 is 1.26 bits per heavy atom. The fourth-order valence-electron chi connectivity index (χ4n) is 3.37. The summed E-state index contributed by atoms with van der Waals surface area (Å²) in [5.74, 6) is 0.268. The van der Waals surface area contributed by atoms with Crippen molar-refractivity contribution in [1.29, 1.82) is 0 Å². The molecule has 0 bridgehead atoms. The predicted molar refractivity (Wildman–Crippen MR) is 96.6 cm³/mol. The van der Waals surface area contributed by atoms with Crippen molar-refractivity contribution in [1.82, 2.24) is 10.2 Å². The molecule has 0 radical (unpaired) electrons. The summed E-state index contributed by atoms with van der Waals surface area (Å²) in [6, 6.07) is 7.50. The average molecular weight is 339 g/mol. The minimum absolute atomic E-state index is 0.268. The zero-order valence-electron chi connectivity index (χ0n) is 14.8. The molecule has 1 aliphatic rings. The quantitative estimate of drug-likeness (QED) is 0.866. The Bertz CT molecular complexity index is 620. The number of nitrogens with zero attached hydrogens (tertiary/aromatic N) is 1. The van der Waals surface area contributed by atoms with E-state index < -0.39 is 9.84 Å². The van der Waals surface area contributed by atoms with Gasteiger partial charge >= 0.3 is 0 Å². The zero-order valence-corrected chi connectivity index (χ0v) is 15.6. The van der Waals surface area contributed by atoms with Gasteiger partial charge in [0.15, 0.2) is 0 Å². The van der Waals surface area contributed by atoms with Crippen LogP contribution in [0, 0.1) is 13.8 Å². The molecule has 130 valence electrons. The lowest BCUT2D eigenvalue weighted by Crippen LogP contribution is -2.44. The van der Waals surface area contributed by atoms with Crippen LogP contribution in [0.25, 0.3) is 0 Å². The summed E-state index contributed by atoms with van der Waals surface area (Å²) < 4.78 is 22.5. The lowest BCUT2D eigenvalue weighted by atomic mass is 9.97. The normalized spacial score (nSPS) is 19.0. The van der Waals surface area contributed by atoms with E-state index in [4.69, 9.17) is 0 Å². The molecular weight excluding hydrogens is 308 g/mol. The number of aryl methyl sites for hydroxylation is 2. The number of likely N-dealkylation sites (tertiary alicyclic amines) is 1. The first-order valence-corrected chi connectivity index (χ1v) is 10.5. The Balaban J connectivity index is 1.81. The number of hydrogen-bond acceptors (Lipinski definition) is 4. The van der Waals surface area contributed by atoms with E-state index in [1.807, 2.05) is 0 Å². The van der Waals surface area contributed by atoms with E-state index in [2.05, 4.69) is 49.2 Å². The lowest BCUT2D eigenvalue weighted by Gasteiger charge is -2.34. The van der Waals surface area contributed by atoms with Gasteiger partial charge in [0.2, 0.25) is 0 Å². The molecular formula is C18H30N2O2S. The van der Waals surface area contributed by atoms with E-state index in [0.29, 0.717) is 18.6 Å². The van der Waals surface area contributed by atoms with Crippen LogP contribution in [0.2, 0.25) is 0 Å². The molecule has 0 spiro atoms. The Kier molecular flexibility index (Phi) is 6.23. The molecule has 1 fully saturated rings. The van der Waals surface area contributed by atoms with E-state index in [1.165, 1.54) is 22.9 Å². The van der Waals surface area contributed by atoms with Crippen LogP contribution in [0.5, 0.6) is 0 Å². The van der Waals surface area contributed by atoms with E-state index in [-0.39, 0.29) is 5.75 Å². The van der Waals surface area contributed by atoms with Crippen LogP contribution < -0.4 is 5.32 Å². The van der Waals surface area contributed by atoms with Gasteiger partial charge in [-0.2, -0.15) is 0 Å². The fourth-order valence-corrected chi connectivity index (χ4v) is 3.96. The van der Waals surface area contributed by atoms with Crippen LogP contribution in [0.4, 0.5) is 0 Å². The maximum Gasteiger partial charge on any atom is 0.148 e. The van der Waals surface area contributed by atoms with Gasteiger partial charge in [-0.1, -0.05) is 23.8 Å². The van der Waals surface area contributed by atoms with Gasteiger partial charge in [-0.05, 0) is 57.8 Å². The molecule has 0 aliphatic carbocycles.